The van der Waals surface area contributed by atoms with Crippen molar-refractivity contribution < 1.29 is 18.0 Å². The van der Waals surface area contributed by atoms with E-state index in [1.165, 1.54) is 18.2 Å². The molecule has 1 atom stereocenters. The van der Waals surface area contributed by atoms with Gasteiger partial charge in [0, 0.05) is 26.9 Å². The van der Waals surface area contributed by atoms with Crippen molar-refractivity contribution in [3.05, 3.63) is 63.1 Å². The molecule has 2 N–H and O–H groups in total. The van der Waals surface area contributed by atoms with Crippen LogP contribution in [0.15, 0.2) is 41.6 Å². The molecule has 8 heteroatoms. The quantitative estimate of drug-likeness (QED) is 0.693. The van der Waals surface area contributed by atoms with E-state index >= 15 is 0 Å². The first kappa shape index (κ1) is 17.9. The molecule has 1 aliphatic rings. The normalized spacial score (nSPS) is 20.3. The minimum Gasteiger partial charge on any atom is -0.398 e. The number of nitrogens with zero attached hydrogens (tertiary/aromatic N) is 1. The number of nitrogen functional groups attached to an aromatic ring is 1. The molecule has 0 bridgehead atoms. The third-order valence-electron chi connectivity index (χ3n) is 4.03. The predicted octanol–water partition coefficient (Wildman–Crippen LogP) is 5.47. The Morgan fingerprint density at radius 3 is 2.32 bits per heavy atom. The van der Waals surface area contributed by atoms with Crippen molar-refractivity contribution in [1.29, 1.82) is 0 Å². The summed E-state index contributed by atoms with van der Waals surface area (Å²) in [5.74, 6) is 0. The predicted molar refractivity (Wildman–Crippen MR) is 92.0 cm³/mol. The second-order valence-corrected chi connectivity index (χ2v) is 6.75. The number of nitrogens with two attached hydrogens (primary N) is 1. The van der Waals surface area contributed by atoms with Gasteiger partial charge in [-0.1, -0.05) is 40.5 Å². The number of rotatable bonds is 2. The van der Waals surface area contributed by atoms with Crippen LogP contribution in [0.2, 0.25) is 10.0 Å². The lowest BCUT2D eigenvalue weighted by Gasteiger charge is -2.29. The maximum absolute atomic E-state index is 13.9. The van der Waals surface area contributed by atoms with Crippen molar-refractivity contribution >= 4 is 34.6 Å². The molecule has 0 fully saturated rings. The van der Waals surface area contributed by atoms with Crippen LogP contribution in [-0.4, -0.2) is 11.9 Å². The van der Waals surface area contributed by atoms with Crippen LogP contribution in [0.25, 0.3) is 0 Å². The number of halogens is 5. The summed E-state index contributed by atoms with van der Waals surface area (Å²) in [4.78, 5) is 4.94. The zero-order valence-corrected chi connectivity index (χ0v) is 14.5. The zero-order chi connectivity index (χ0) is 18.4. The van der Waals surface area contributed by atoms with Crippen molar-refractivity contribution in [1.82, 2.24) is 0 Å². The Morgan fingerprint density at radius 2 is 1.76 bits per heavy atom. The number of aryl methyl sites for hydroxylation is 1. The van der Waals surface area contributed by atoms with E-state index in [1.807, 2.05) is 6.92 Å². The summed E-state index contributed by atoms with van der Waals surface area (Å²) in [5.41, 5.74) is 4.82. The molecule has 0 saturated heterocycles. The average molecular weight is 389 g/mol. The summed E-state index contributed by atoms with van der Waals surface area (Å²) >= 11 is 11.7. The monoisotopic (exact) mass is 388 g/mol. The summed E-state index contributed by atoms with van der Waals surface area (Å²) in [6.07, 6.45) is -5.26. The maximum atomic E-state index is 13.9. The van der Waals surface area contributed by atoms with Crippen molar-refractivity contribution in [2.45, 2.75) is 25.1 Å². The molecule has 3 nitrogen and oxygen atoms in total. The van der Waals surface area contributed by atoms with Gasteiger partial charge in [0.25, 0.3) is 5.60 Å². The van der Waals surface area contributed by atoms with Gasteiger partial charge in [-0.25, -0.2) is 0 Å². The maximum Gasteiger partial charge on any atom is 0.435 e. The molecule has 0 aromatic heterocycles. The molecule has 0 spiro atoms. The van der Waals surface area contributed by atoms with Gasteiger partial charge in [-0.05, 0) is 36.8 Å². The van der Waals surface area contributed by atoms with Crippen LogP contribution >= 0.6 is 23.2 Å². The molecular formula is C17H13Cl2F3N2O. The van der Waals surface area contributed by atoms with E-state index in [9.17, 15) is 13.2 Å². The first-order valence-electron chi connectivity index (χ1n) is 7.27. The number of oxime groups is 1. The molecule has 0 aliphatic carbocycles. The van der Waals surface area contributed by atoms with E-state index in [0.29, 0.717) is 11.3 Å². The molecule has 0 radical (unpaired) electrons. The molecule has 1 heterocycles. The van der Waals surface area contributed by atoms with Crippen LogP contribution in [0.1, 0.15) is 23.1 Å². The summed E-state index contributed by atoms with van der Waals surface area (Å²) < 4.78 is 41.7. The molecule has 2 aromatic rings. The van der Waals surface area contributed by atoms with Gasteiger partial charge in [-0.3, -0.25) is 0 Å². The third-order valence-corrected chi connectivity index (χ3v) is 4.47. The summed E-state index contributed by atoms with van der Waals surface area (Å²) in [6, 6.07) is 8.76. The van der Waals surface area contributed by atoms with E-state index in [-0.39, 0.29) is 21.3 Å². The molecule has 132 valence electrons. The number of hydrogen-bond acceptors (Lipinski definition) is 3. The second-order valence-electron chi connectivity index (χ2n) is 5.88. The molecule has 1 aliphatic heterocycles. The van der Waals surface area contributed by atoms with E-state index in [0.717, 1.165) is 5.56 Å². The van der Waals surface area contributed by atoms with Crippen molar-refractivity contribution in [3.8, 4) is 0 Å². The fourth-order valence-corrected chi connectivity index (χ4v) is 3.31. The lowest BCUT2D eigenvalue weighted by molar-refractivity contribution is -0.275. The van der Waals surface area contributed by atoms with Gasteiger partial charge in [0.1, 0.15) is 0 Å². The van der Waals surface area contributed by atoms with E-state index < -0.39 is 18.2 Å². The van der Waals surface area contributed by atoms with Crippen molar-refractivity contribution in [2.75, 3.05) is 5.73 Å². The Kier molecular flexibility index (Phi) is 4.37. The number of anilines is 1. The second kappa shape index (κ2) is 6.11. The molecule has 0 saturated carbocycles. The zero-order valence-electron chi connectivity index (χ0n) is 13.0. The van der Waals surface area contributed by atoms with Gasteiger partial charge in [0.05, 0.1) is 12.1 Å². The fraction of sp³-hybridized carbons (Fsp3) is 0.235. The fourth-order valence-electron chi connectivity index (χ4n) is 2.78. The minimum atomic E-state index is -4.73. The van der Waals surface area contributed by atoms with Crippen LogP contribution in [0, 0.1) is 6.92 Å². The number of hydrogen-bond donors (Lipinski definition) is 1. The van der Waals surface area contributed by atoms with Gasteiger partial charge in [0.15, 0.2) is 0 Å². The van der Waals surface area contributed by atoms with Gasteiger partial charge < -0.3 is 10.6 Å². The lowest BCUT2D eigenvalue weighted by Crippen LogP contribution is -2.42. The topological polar surface area (TPSA) is 47.6 Å². The Balaban J connectivity index is 2.06. The summed E-state index contributed by atoms with van der Waals surface area (Å²) in [5, 5.41) is 3.85. The molecule has 3 rings (SSSR count). The molecule has 1 unspecified atom stereocenters. The van der Waals surface area contributed by atoms with Crippen molar-refractivity contribution in [3.63, 3.8) is 0 Å². The summed E-state index contributed by atoms with van der Waals surface area (Å²) in [6.45, 7) is 1.83. The first-order valence-corrected chi connectivity index (χ1v) is 8.03. The number of benzene rings is 2. The van der Waals surface area contributed by atoms with Gasteiger partial charge in [-0.2, -0.15) is 13.2 Å². The van der Waals surface area contributed by atoms with Crippen LogP contribution < -0.4 is 5.73 Å². The summed E-state index contributed by atoms with van der Waals surface area (Å²) in [7, 11) is 0. The molecule has 25 heavy (non-hydrogen) atoms. The van der Waals surface area contributed by atoms with Crippen molar-refractivity contribution in [2.24, 2.45) is 5.16 Å². The highest BCUT2D eigenvalue weighted by atomic mass is 35.5. The Labute approximate surface area is 152 Å². The standard InChI is InChI=1S/C17H13Cl2F3N2O/c1-9-2-3-13(14(23)4-9)15-8-16(25-24-15,17(20,21)22)10-5-11(18)7-12(19)6-10/h2-7H,8,23H2,1H3. The van der Waals surface area contributed by atoms with Gasteiger partial charge in [0.2, 0.25) is 0 Å². The van der Waals surface area contributed by atoms with Crippen LogP contribution in [0.4, 0.5) is 18.9 Å². The average Bonchev–Trinajstić information content (AvgIpc) is 2.92. The highest BCUT2D eigenvalue weighted by molar-refractivity contribution is 6.34. The highest BCUT2D eigenvalue weighted by Crippen LogP contribution is 2.50. The third kappa shape index (κ3) is 3.16. The molecule has 0 amide bonds. The number of alkyl halides is 3. The Bertz CT molecular complexity index is 847. The SMILES string of the molecule is Cc1ccc(C2=NOC(c3cc(Cl)cc(Cl)c3)(C(F)(F)F)C2)c(N)c1. The Hall–Kier alpha value is -1.92. The van der Waals surface area contributed by atoms with E-state index in [4.69, 9.17) is 33.8 Å². The van der Waals surface area contributed by atoms with Gasteiger partial charge >= 0.3 is 6.18 Å². The smallest absolute Gasteiger partial charge is 0.398 e. The lowest BCUT2D eigenvalue weighted by atomic mass is 9.86. The van der Waals surface area contributed by atoms with E-state index in [2.05, 4.69) is 5.16 Å². The minimum absolute atomic E-state index is 0.0815. The van der Waals surface area contributed by atoms with Crippen LogP contribution in [0.3, 0.4) is 0 Å². The Morgan fingerprint density at radius 1 is 1.12 bits per heavy atom. The van der Waals surface area contributed by atoms with Gasteiger partial charge in [-0.15, -0.1) is 0 Å². The molecule has 2 aromatic carbocycles. The molecular weight excluding hydrogens is 376 g/mol. The van der Waals surface area contributed by atoms with Crippen LogP contribution in [0.5, 0.6) is 0 Å². The largest absolute Gasteiger partial charge is 0.435 e. The highest BCUT2D eigenvalue weighted by Gasteiger charge is 2.62. The van der Waals surface area contributed by atoms with E-state index in [1.54, 1.807) is 18.2 Å². The first-order chi connectivity index (χ1) is 11.6. The van der Waals surface area contributed by atoms with Crippen LogP contribution in [-0.2, 0) is 10.4 Å².